The lowest BCUT2D eigenvalue weighted by Gasteiger charge is -2.36. The van der Waals surface area contributed by atoms with Crippen LogP contribution in [0.1, 0.15) is 28.4 Å². The van der Waals surface area contributed by atoms with Gasteiger partial charge in [0, 0.05) is 67.0 Å². The summed E-state index contributed by atoms with van der Waals surface area (Å²) < 4.78 is 23.3. The number of benzene rings is 2. The first-order valence-electron chi connectivity index (χ1n) is 12.9. The normalized spacial score (nSPS) is 16.1. The molecule has 2 aliphatic heterocycles. The monoisotopic (exact) mass is 526 g/mol. The van der Waals surface area contributed by atoms with E-state index in [2.05, 4.69) is 44.5 Å². The van der Waals surface area contributed by atoms with Crippen molar-refractivity contribution >= 4 is 11.4 Å². The number of H-pyrrole nitrogens is 1. The zero-order valence-electron chi connectivity index (χ0n) is 21.9. The van der Waals surface area contributed by atoms with Gasteiger partial charge in [-0.25, -0.2) is 4.98 Å². The minimum absolute atomic E-state index is 0.109. The summed E-state index contributed by atoms with van der Waals surface area (Å²) in [6.07, 6.45) is 4.06. The quantitative estimate of drug-likeness (QED) is 0.316. The lowest BCUT2D eigenvalue weighted by Crippen LogP contribution is -2.39. The van der Waals surface area contributed by atoms with Crippen LogP contribution < -0.4 is 30.0 Å². The first kappa shape index (κ1) is 24.8. The minimum atomic E-state index is -0.162. The topological polar surface area (TPSA) is 97.9 Å². The number of fused-ring (bicyclic) bond motifs is 2. The van der Waals surface area contributed by atoms with E-state index in [1.807, 2.05) is 24.3 Å². The van der Waals surface area contributed by atoms with Gasteiger partial charge >= 0.3 is 0 Å². The van der Waals surface area contributed by atoms with E-state index >= 15 is 0 Å². The van der Waals surface area contributed by atoms with E-state index in [1.54, 1.807) is 32.7 Å². The molecule has 2 aromatic heterocycles. The van der Waals surface area contributed by atoms with Gasteiger partial charge in [0.2, 0.25) is 5.56 Å². The Bertz CT molecular complexity index is 1550. The fourth-order valence-corrected chi connectivity index (χ4v) is 5.14. The van der Waals surface area contributed by atoms with E-state index in [4.69, 9.17) is 18.9 Å². The van der Waals surface area contributed by atoms with Gasteiger partial charge in [0.25, 0.3) is 5.88 Å². The Hall–Kier alpha value is -4.50. The Morgan fingerprint density at radius 1 is 1.10 bits per heavy atom. The number of pyridine rings is 2. The summed E-state index contributed by atoms with van der Waals surface area (Å²) in [4.78, 5) is 21.0. The Kier molecular flexibility index (Phi) is 6.81. The van der Waals surface area contributed by atoms with Gasteiger partial charge in [0.05, 0.1) is 20.8 Å². The summed E-state index contributed by atoms with van der Waals surface area (Å²) >= 11 is 0. The fourth-order valence-electron chi connectivity index (χ4n) is 5.14. The zero-order chi connectivity index (χ0) is 26.8. The lowest BCUT2D eigenvalue weighted by atomic mass is 9.95. The van der Waals surface area contributed by atoms with Crippen molar-refractivity contribution in [1.82, 2.24) is 9.97 Å². The molecule has 0 amide bonds. The predicted molar refractivity (Wildman–Crippen MR) is 148 cm³/mol. The summed E-state index contributed by atoms with van der Waals surface area (Å²) in [5.74, 6) is 2.77. The molecule has 1 atom stereocenters. The number of aromatic amines is 1. The summed E-state index contributed by atoms with van der Waals surface area (Å²) in [6, 6.07) is 17.9. The molecule has 39 heavy (non-hydrogen) atoms. The third kappa shape index (κ3) is 5.13. The van der Waals surface area contributed by atoms with Crippen LogP contribution in [0.15, 0.2) is 71.8 Å². The van der Waals surface area contributed by atoms with Crippen LogP contribution in [0.25, 0.3) is 0 Å². The van der Waals surface area contributed by atoms with Crippen molar-refractivity contribution in [1.29, 1.82) is 0 Å². The first-order chi connectivity index (χ1) is 19.1. The third-order valence-corrected chi connectivity index (χ3v) is 7.10. The zero-order valence-corrected chi connectivity index (χ0v) is 21.9. The first-order valence-corrected chi connectivity index (χ1v) is 12.9. The Morgan fingerprint density at radius 3 is 2.87 bits per heavy atom. The molecular weight excluding hydrogens is 496 g/mol. The number of hydrogen-bond acceptors (Lipinski definition) is 8. The number of ether oxygens (including phenoxy) is 4. The van der Waals surface area contributed by atoms with Gasteiger partial charge in [0.15, 0.2) is 5.75 Å². The number of nitrogens with one attached hydrogen (secondary N) is 2. The molecule has 0 aliphatic carbocycles. The van der Waals surface area contributed by atoms with E-state index < -0.39 is 0 Å². The number of para-hydroxylation sites is 1. The summed E-state index contributed by atoms with van der Waals surface area (Å²) in [5.41, 5.74) is 6.03. The summed E-state index contributed by atoms with van der Waals surface area (Å²) in [5, 5.41) is 3.47. The maximum absolute atomic E-state index is 11.8. The highest BCUT2D eigenvalue weighted by Gasteiger charge is 2.28. The van der Waals surface area contributed by atoms with Crippen LogP contribution in [0.5, 0.6) is 23.1 Å². The van der Waals surface area contributed by atoms with Gasteiger partial charge in [-0.05, 0) is 41.5 Å². The Balaban J connectivity index is 1.18. The molecule has 1 saturated heterocycles. The summed E-state index contributed by atoms with van der Waals surface area (Å²) in [7, 11) is 3.18. The van der Waals surface area contributed by atoms with Gasteiger partial charge in [-0.3, -0.25) is 4.79 Å². The molecule has 9 nitrogen and oxygen atoms in total. The number of morpholine rings is 1. The van der Waals surface area contributed by atoms with Gasteiger partial charge in [-0.15, -0.1) is 0 Å². The van der Waals surface area contributed by atoms with Crippen LogP contribution >= 0.6 is 0 Å². The van der Waals surface area contributed by atoms with E-state index in [0.717, 1.165) is 58.1 Å². The van der Waals surface area contributed by atoms with Crippen LogP contribution in [0, 0.1) is 0 Å². The van der Waals surface area contributed by atoms with Gasteiger partial charge in [-0.2, -0.15) is 0 Å². The predicted octanol–water partition coefficient (Wildman–Crippen LogP) is 4.67. The molecular formula is C30H30N4O5. The van der Waals surface area contributed by atoms with Crippen molar-refractivity contribution in [2.45, 2.75) is 19.1 Å². The number of anilines is 2. The van der Waals surface area contributed by atoms with Gasteiger partial charge in [0.1, 0.15) is 17.6 Å². The van der Waals surface area contributed by atoms with Gasteiger partial charge < -0.3 is 34.1 Å². The van der Waals surface area contributed by atoms with Crippen molar-refractivity contribution in [3.05, 3.63) is 99.6 Å². The fraction of sp³-hybridized carbons (Fsp3) is 0.267. The second-order valence-corrected chi connectivity index (χ2v) is 9.56. The van der Waals surface area contributed by atoms with Crippen molar-refractivity contribution < 1.29 is 18.9 Å². The van der Waals surface area contributed by atoms with Gasteiger partial charge in [-0.1, -0.05) is 18.2 Å². The molecule has 1 unspecified atom stereocenters. The average Bonchev–Trinajstić information content (AvgIpc) is 2.98. The van der Waals surface area contributed by atoms with Crippen molar-refractivity contribution in [3.63, 3.8) is 0 Å². The second kappa shape index (κ2) is 10.7. The largest absolute Gasteiger partial charge is 0.491 e. The molecule has 0 spiro atoms. The summed E-state index contributed by atoms with van der Waals surface area (Å²) in [6.45, 7) is 2.54. The van der Waals surface area contributed by atoms with E-state index in [9.17, 15) is 4.79 Å². The van der Waals surface area contributed by atoms with Crippen LogP contribution in [0.4, 0.5) is 11.4 Å². The molecule has 6 rings (SSSR count). The molecule has 0 saturated carbocycles. The van der Waals surface area contributed by atoms with E-state index in [-0.39, 0.29) is 11.7 Å². The van der Waals surface area contributed by atoms with Crippen LogP contribution in [0.3, 0.4) is 0 Å². The smallest absolute Gasteiger partial charge is 0.256 e. The number of aromatic nitrogens is 2. The van der Waals surface area contributed by atoms with Crippen LogP contribution in [-0.2, 0) is 17.7 Å². The second-order valence-electron chi connectivity index (χ2n) is 9.56. The Morgan fingerprint density at radius 2 is 2.03 bits per heavy atom. The molecule has 4 aromatic rings. The van der Waals surface area contributed by atoms with Crippen molar-refractivity contribution in [3.8, 4) is 23.1 Å². The lowest BCUT2D eigenvalue weighted by molar-refractivity contribution is 0.0384. The number of rotatable bonds is 7. The molecule has 0 radical (unpaired) electrons. The molecule has 4 heterocycles. The highest BCUT2D eigenvalue weighted by Crippen LogP contribution is 2.43. The molecule has 0 bridgehead atoms. The van der Waals surface area contributed by atoms with Crippen molar-refractivity contribution in [2.75, 3.05) is 44.1 Å². The highest BCUT2D eigenvalue weighted by atomic mass is 16.5. The SMILES string of the molecule is COc1cc(CNc2ccc3c(c2)Cc2cccc(C4CN(c5cc[nH]c(=O)c5)CCO4)c2O3)cnc1OC. The van der Waals surface area contributed by atoms with E-state index in [1.165, 1.54) is 0 Å². The molecule has 2 aromatic carbocycles. The maximum Gasteiger partial charge on any atom is 0.256 e. The minimum Gasteiger partial charge on any atom is -0.491 e. The van der Waals surface area contributed by atoms with E-state index in [0.29, 0.717) is 31.3 Å². The number of methoxy groups -OCH3 is 2. The maximum atomic E-state index is 11.8. The molecule has 9 heteroatoms. The molecule has 2 aliphatic rings. The molecule has 1 fully saturated rings. The standard InChI is InChI=1S/C30H30N4O5/c1-36-26-12-19(17-33-30(26)37-2)16-32-22-6-7-25-21(14-22)13-20-4-3-5-24(29(20)39-25)27-18-34(10-11-38-27)23-8-9-31-28(35)15-23/h3-9,12,14-15,17,27,32H,10-11,13,16,18H2,1-2H3,(H,31,35). The molecule has 200 valence electrons. The van der Waals surface area contributed by atoms with Crippen molar-refractivity contribution in [2.24, 2.45) is 0 Å². The highest BCUT2D eigenvalue weighted by molar-refractivity contribution is 5.59. The average molecular weight is 527 g/mol. The Labute approximate surface area is 226 Å². The van der Waals surface area contributed by atoms with Crippen LogP contribution in [0.2, 0.25) is 0 Å². The molecule has 2 N–H and O–H groups in total. The van der Waals surface area contributed by atoms with Crippen LogP contribution in [-0.4, -0.2) is 43.9 Å². The third-order valence-electron chi connectivity index (χ3n) is 7.10. The number of nitrogens with zero attached hydrogens (tertiary/aromatic N) is 2. The number of hydrogen-bond donors (Lipinski definition) is 2.